The molecule has 42 heavy (non-hydrogen) atoms. The summed E-state index contributed by atoms with van der Waals surface area (Å²) in [7, 11) is 1.55. The molecule has 1 atom stereocenters. The van der Waals surface area contributed by atoms with E-state index < -0.39 is 17.7 Å². The van der Waals surface area contributed by atoms with Gasteiger partial charge in [0.25, 0.3) is 11.7 Å². The number of methoxy groups -OCH3 is 1. The summed E-state index contributed by atoms with van der Waals surface area (Å²) in [4.78, 5) is 30.7. The molecule has 0 radical (unpaired) electrons. The number of likely N-dealkylation sites (tertiary alicyclic amines) is 1. The van der Waals surface area contributed by atoms with Crippen LogP contribution in [0.2, 0.25) is 0 Å². The first-order valence-corrected chi connectivity index (χ1v) is 14.4. The quantitative estimate of drug-likeness (QED) is 0.159. The van der Waals surface area contributed by atoms with Gasteiger partial charge in [-0.15, -0.1) is 0 Å². The van der Waals surface area contributed by atoms with Gasteiger partial charge in [0, 0.05) is 18.7 Å². The Bertz CT molecular complexity index is 1430. The Morgan fingerprint density at radius 3 is 2.26 bits per heavy atom. The van der Waals surface area contributed by atoms with E-state index in [1.165, 1.54) is 0 Å². The molecule has 1 fully saturated rings. The predicted octanol–water partition coefficient (Wildman–Crippen LogP) is 5.74. The van der Waals surface area contributed by atoms with Crippen LogP contribution in [-0.4, -0.2) is 66.5 Å². The lowest BCUT2D eigenvalue weighted by molar-refractivity contribution is -0.140. The first-order valence-electron chi connectivity index (χ1n) is 14.4. The molecule has 1 saturated heterocycles. The van der Waals surface area contributed by atoms with Crippen LogP contribution in [0, 0.1) is 6.92 Å². The van der Waals surface area contributed by atoms with Crippen LogP contribution in [0.15, 0.2) is 72.3 Å². The van der Waals surface area contributed by atoms with Crippen molar-refractivity contribution in [1.82, 2.24) is 9.80 Å². The molecule has 0 aliphatic carbocycles. The van der Waals surface area contributed by atoms with Crippen LogP contribution in [0.4, 0.5) is 0 Å². The van der Waals surface area contributed by atoms with E-state index in [0.717, 1.165) is 24.2 Å². The molecule has 0 aromatic heterocycles. The van der Waals surface area contributed by atoms with Gasteiger partial charge in [0.1, 0.15) is 18.1 Å². The number of ketones is 1. The fourth-order valence-electron chi connectivity index (χ4n) is 5.22. The van der Waals surface area contributed by atoms with E-state index in [9.17, 15) is 14.7 Å². The van der Waals surface area contributed by atoms with Crippen molar-refractivity contribution in [2.75, 3.05) is 39.9 Å². The van der Waals surface area contributed by atoms with E-state index in [-0.39, 0.29) is 11.3 Å². The van der Waals surface area contributed by atoms with Crippen LogP contribution in [0.1, 0.15) is 49.1 Å². The lowest BCUT2D eigenvalue weighted by Crippen LogP contribution is -2.38. The molecule has 222 valence electrons. The van der Waals surface area contributed by atoms with Gasteiger partial charge in [-0.2, -0.15) is 0 Å². The number of ether oxygens (including phenoxy) is 3. The van der Waals surface area contributed by atoms with Crippen molar-refractivity contribution in [3.63, 3.8) is 0 Å². The number of benzene rings is 3. The number of hydrogen-bond acceptors (Lipinski definition) is 7. The molecule has 1 aliphatic heterocycles. The zero-order valence-electron chi connectivity index (χ0n) is 25.1. The minimum absolute atomic E-state index is 0.0445. The average Bonchev–Trinajstić information content (AvgIpc) is 3.26. The largest absolute Gasteiger partial charge is 0.507 e. The van der Waals surface area contributed by atoms with Crippen LogP contribution in [0.25, 0.3) is 5.76 Å². The van der Waals surface area contributed by atoms with Crippen LogP contribution in [-0.2, 0) is 16.2 Å². The summed E-state index contributed by atoms with van der Waals surface area (Å²) in [6, 6.07) is 19.6. The Labute approximate surface area is 248 Å². The number of aliphatic hydroxyl groups excluding tert-OH is 1. The topological polar surface area (TPSA) is 88.5 Å². The highest BCUT2D eigenvalue weighted by atomic mass is 16.5. The number of carbonyl (C=O) groups is 2. The molecule has 8 heteroatoms. The minimum Gasteiger partial charge on any atom is -0.507 e. The molecule has 0 saturated carbocycles. The lowest BCUT2D eigenvalue weighted by atomic mass is 9.94. The number of hydrogen-bond donors (Lipinski definition) is 1. The summed E-state index contributed by atoms with van der Waals surface area (Å²) in [6.45, 7) is 11.3. The molecule has 1 amide bonds. The zero-order valence-corrected chi connectivity index (χ0v) is 25.1. The van der Waals surface area contributed by atoms with E-state index in [1.807, 2.05) is 50.2 Å². The van der Waals surface area contributed by atoms with E-state index in [0.29, 0.717) is 54.7 Å². The highest BCUT2D eigenvalue weighted by molar-refractivity contribution is 6.46. The van der Waals surface area contributed by atoms with Crippen molar-refractivity contribution in [3.8, 4) is 17.2 Å². The third-order valence-electron chi connectivity index (χ3n) is 7.58. The Balaban J connectivity index is 1.76. The second-order valence-corrected chi connectivity index (χ2v) is 10.1. The van der Waals surface area contributed by atoms with E-state index in [2.05, 4.69) is 18.7 Å². The first kappa shape index (κ1) is 30.7. The maximum Gasteiger partial charge on any atom is 0.295 e. The molecule has 0 spiro atoms. The molecule has 3 aromatic carbocycles. The van der Waals surface area contributed by atoms with E-state index >= 15 is 0 Å². The molecule has 1 aliphatic rings. The summed E-state index contributed by atoms with van der Waals surface area (Å²) in [5, 5.41) is 11.5. The lowest BCUT2D eigenvalue weighted by Gasteiger charge is -2.28. The normalized spacial score (nSPS) is 16.2. The fourth-order valence-corrected chi connectivity index (χ4v) is 5.22. The van der Waals surface area contributed by atoms with Crippen LogP contribution in [0.3, 0.4) is 0 Å². The fraction of sp³-hybridized carbons (Fsp3) is 0.353. The third kappa shape index (κ3) is 6.60. The molecule has 4 rings (SSSR count). The van der Waals surface area contributed by atoms with Crippen molar-refractivity contribution in [2.24, 2.45) is 0 Å². The van der Waals surface area contributed by atoms with Crippen molar-refractivity contribution in [1.29, 1.82) is 0 Å². The standard InChI is InChI=1S/C34H40N2O6/c1-6-35(7-2)18-19-36-31(25-14-17-28(29(21-25)40-5)42-22-24-12-10-9-11-13-24)30(33(38)34(36)39)32(37)26-15-16-27(41-8-3)23(4)20-26/h9-17,20-21,31,37H,6-8,18-19,22H2,1-5H3/b32-30+. The smallest absolute Gasteiger partial charge is 0.295 e. The van der Waals surface area contributed by atoms with Crippen LogP contribution < -0.4 is 14.2 Å². The Morgan fingerprint density at radius 2 is 1.62 bits per heavy atom. The van der Waals surface area contributed by atoms with Gasteiger partial charge < -0.3 is 29.1 Å². The van der Waals surface area contributed by atoms with Crippen molar-refractivity contribution < 1.29 is 28.9 Å². The van der Waals surface area contributed by atoms with Gasteiger partial charge in [0.2, 0.25) is 0 Å². The summed E-state index contributed by atoms with van der Waals surface area (Å²) in [5.41, 5.74) is 2.95. The first-order chi connectivity index (χ1) is 20.3. The summed E-state index contributed by atoms with van der Waals surface area (Å²) in [5.74, 6) is 0.119. The Morgan fingerprint density at radius 1 is 0.905 bits per heavy atom. The van der Waals surface area contributed by atoms with Crippen molar-refractivity contribution in [2.45, 2.75) is 40.3 Å². The average molecular weight is 573 g/mol. The number of aryl methyl sites for hydroxylation is 1. The van der Waals surface area contributed by atoms with Gasteiger partial charge in [-0.25, -0.2) is 0 Å². The number of carbonyl (C=O) groups excluding carboxylic acids is 2. The summed E-state index contributed by atoms with van der Waals surface area (Å²) < 4.78 is 17.4. The van der Waals surface area contributed by atoms with Crippen molar-refractivity contribution in [3.05, 3.63) is 94.6 Å². The molecule has 3 aromatic rings. The number of rotatable bonds is 13. The summed E-state index contributed by atoms with van der Waals surface area (Å²) >= 11 is 0. The molecule has 8 nitrogen and oxygen atoms in total. The highest BCUT2D eigenvalue weighted by Gasteiger charge is 2.46. The van der Waals surface area contributed by atoms with Gasteiger partial charge in [-0.1, -0.05) is 50.2 Å². The maximum absolute atomic E-state index is 13.5. The zero-order chi connectivity index (χ0) is 30.2. The van der Waals surface area contributed by atoms with Gasteiger partial charge in [0.05, 0.1) is 25.3 Å². The number of Topliss-reactive ketones (excluding diaryl/α,β-unsaturated/α-hetero) is 1. The second kappa shape index (κ2) is 14.0. The molecule has 0 bridgehead atoms. The number of nitrogens with zero attached hydrogens (tertiary/aromatic N) is 2. The molecule has 1 N–H and O–H groups in total. The SMILES string of the molecule is CCOc1ccc(/C(O)=C2\C(=O)C(=O)N(CCN(CC)CC)C2c2ccc(OCc3ccccc3)c(OC)c2)cc1C. The van der Waals surface area contributed by atoms with Gasteiger partial charge in [-0.05, 0) is 74.0 Å². The molecular formula is C34H40N2O6. The number of amides is 1. The maximum atomic E-state index is 13.5. The Kier molecular flexibility index (Phi) is 10.3. The van der Waals surface area contributed by atoms with Crippen LogP contribution >= 0.6 is 0 Å². The Hall–Kier alpha value is -4.30. The van der Waals surface area contributed by atoms with E-state index in [1.54, 1.807) is 42.3 Å². The van der Waals surface area contributed by atoms with Gasteiger partial charge in [-0.3, -0.25) is 9.59 Å². The van der Waals surface area contributed by atoms with Crippen molar-refractivity contribution >= 4 is 17.4 Å². The third-order valence-corrected chi connectivity index (χ3v) is 7.58. The van der Waals surface area contributed by atoms with Gasteiger partial charge >= 0.3 is 0 Å². The molecule has 1 heterocycles. The van der Waals surface area contributed by atoms with Crippen LogP contribution in [0.5, 0.6) is 17.2 Å². The minimum atomic E-state index is -0.801. The molecule has 1 unspecified atom stereocenters. The monoisotopic (exact) mass is 572 g/mol. The summed E-state index contributed by atoms with van der Waals surface area (Å²) in [6.07, 6.45) is 0. The second-order valence-electron chi connectivity index (χ2n) is 10.1. The predicted molar refractivity (Wildman–Crippen MR) is 163 cm³/mol. The number of likely N-dealkylation sites (N-methyl/N-ethyl adjacent to an activating group) is 1. The number of aliphatic hydroxyl groups is 1. The van der Waals surface area contributed by atoms with E-state index in [4.69, 9.17) is 14.2 Å². The van der Waals surface area contributed by atoms with Gasteiger partial charge in [0.15, 0.2) is 11.5 Å². The molecular weight excluding hydrogens is 532 g/mol. The highest BCUT2D eigenvalue weighted by Crippen LogP contribution is 2.42.